The summed E-state index contributed by atoms with van der Waals surface area (Å²) < 4.78 is 3.15. The third-order valence-corrected chi connectivity index (χ3v) is 3.85. The normalized spacial score (nSPS) is 11.5. The number of hydrogen-bond acceptors (Lipinski definition) is 5. The maximum Gasteiger partial charge on any atom is 0.307 e. The summed E-state index contributed by atoms with van der Waals surface area (Å²) in [6.45, 7) is 8.36. The van der Waals surface area contributed by atoms with Crippen LogP contribution >= 0.6 is 0 Å². The molecule has 2 aromatic rings. The van der Waals surface area contributed by atoms with Gasteiger partial charge in [0.2, 0.25) is 5.91 Å². The molecular weight excluding hydrogens is 300 g/mol. The second-order valence-electron chi connectivity index (χ2n) is 5.71. The van der Waals surface area contributed by atoms with Crippen LogP contribution < -0.4 is 5.32 Å². The fraction of sp³-hybridized carbons (Fsp3) is 0.500. The number of aromatic nitrogens is 4. The third-order valence-electron chi connectivity index (χ3n) is 3.85. The number of rotatable bonds is 6. The minimum atomic E-state index is -1.04. The number of nitrogens with one attached hydrogen (secondary N) is 1. The Labute approximate surface area is 133 Å². The van der Waals surface area contributed by atoms with E-state index >= 15 is 0 Å². The standard InChI is InChI=1S/C14H20N6O3/c1-5-18-10(2)11(7-16-18)6-15-13(21)14(3,4)19-9-12(8-17-19)20(22)23/h7-9H,5-6H2,1-4H3,(H,15,21). The summed E-state index contributed by atoms with van der Waals surface area (Å²) in [5.74, 6) is -0.279. The number of hydrogen-bond donors (Lipinski definition) is 1. The lowest BCUT2D eigenvalue weighted by Gasteiger charge is -2.23. The van der Waals surface area contributed by atoms with Crippen LogP contribution in [0, 0.1) is 17.0 Å². The van der Waals surface area contributed by atoms with Gasteiger partial charge in [0.1, 0.15) is 17.9 Å². The molecule has 0 fully saturated rings. The molecule has 0 aliphatic carbocycles. The SMILES string of the molecule is CCn1ncc(CNC(=O)C(C)(C)n2cc([N+](=O)[O-])cn2)c1C. The van der Waals surface area contributed by atoms with Crippen molar-refractivity contribution in [3.8, 4) is 0 Å². The zero-order chi connectivity index (χ0) is 17.2. The Hall–Kier alpha value is -2.71. The van der Waals surface area contributed by atoms with Crippen LogP contribution in [0.15, 0.2) is 18.6 Å². The molecule has 23 heavy (non-hydrogen) atoms. The molecule has 0 aliphatic rings. The van der Waals surface area contributed by atoms with Crippen molar-refractivity contribution in [3.63, 3.8) is 0 Å². The molecule has 2 rings (SSSR count). The van der Waals surface area contributed by atoms with Crippen molar-refractivity contribution in [2.75, 3.05) is 0 Å². The first kappa shape index (κ1) is 16.7. The van der Waals surface area contributed by atoms with Crippen molar-refractivity contribution in [3.05, 3.63) is 40.0 Å². The lowest BCUT2D eigenvalue weighted by atomic mass is 10.0. The predicted octanol–water partition coefficient (Wildman–Crippen LogP) is 1.37. The number of carbonyl (C=O) groups excluding carboxylic acids is 1. The van der Waals surface area contributed by atoms with Crippen LogP contribution in [-0.2, 0) is 23.4 Å². The third kappa shape index (κ3) is 3.22. The number of aryl methyl sites for hydroxylation is 1. The van der Waals surface area contributed by atoms with Crippen molar-refractivity contribution in [1.82, 2.24) is 24.9 Å². The van der Waals surface area contributed by atoms with E-state index in [4.69, 9.17) is 0 Å². The van der Waals surface area contributed by atoms with Crippen LogP contribution in [-0.4, -0.2) is 30.4 Å². The Morgan fingerprint density at radius 3 is 2.61 bits per heavy atom. The van der Waals surface area contributed by atoms with E-state index in [1.165, 1.54) is 10.9 Å². The van der Waals surface area contributed by atoms with Gasteiger partial charge in [0.25, 0.3) is 0 Å². The largest absolute Gasteiger partial charge is 0.350 e. The molecule has 1 N–H and O–H groups in total. The average Bonchev–Trinajstić information content (AvgIpc) is 3.12. The zero-order valence-electron chi connectivity index (χ0n) is 13.6. The van der Waals surface area contributed by atoms with Gasteiger partial charge in [-0.25, -0.2) is 0 Å². The van der Waals surface area contributed by atoms with E-state index in [0.717, 1.165) is 24.0 Å². The fourth-order valence-electron chi connectivity index (χ4n) is 2.19. The Morgan fingerprint density at radius 2 is 2.09 bits per heavy atom. The topological polar surface area (TPSA) is 108 Å². The van der Waals surface area contributed by atoms with E-state index in [2.05, 4.69) is 15.5 Å². The lowest BCUT2D eigenvalue weighted by molar-refractivity contribution is -0.385. The summed E-state index contributed by atoms with van der Waals surface area (Å²) in [5, 5.41) is 21.7. The van der Waals surface area contributed by atoms with Gasteiger partial charge in [0, 0.05) is 24.3 Å². The molecule has 1 amide bonds. The molecule has 0 atom stereocenters. The maximum absolute atomic E-state index is 12.4. The Bertz CT molecular complexity index is 731. The molecule has 0 aromatic carbocycles. The van der Waals surface area contributed by atoms with E-state index < -0.39 is 10.5 Å². The number of nitro groups is 1. The highest BCUT2D eigenvalue weighted by Crippen LogP contribution is 2.19. The minimum absolute atomic E-state index is 0.147. The van der Waals surface area contributed by atoms with Crippen LogP contribution in [0.3, 0.4) is 0 Å². The zero-order valence-corrected chi connectivity index (χ0v) is 13.6. The summed E-state index contributed by atoms with van der Waals surface area (Å²) in [6, 6.07) is 0. The Morgan fingerprint density at radius 1 is 1.39 bits per heavy atom. The van der Waals surface area contributed by atoms with Gasteiger partial charge in [-0.15, -0.1) is 0 Å². The minimum Gasteiger partial charge on any atom is -0.350 e. The van der Waals surface area contributed by atoms with Crippen LogP contribution in [0.4, 0.5) is 5.69 Å². The fourth-order valence-corrected chi connectivity index (χ4v) is 2.19. The van der Waals surface area contributed by atoms with Crippen molar-refractivity contribution < 1.29 is 9.72 Å². The van der Waals surface area contributed by atoms with Crippen LogP contribution in [0.25, 0.3) is 0 Å². The van der Waals surface area contributed by atoms with E-state index in [-0.39, 0.29) is 11.6 Å². The molecular formula is C14H20N6O3. The van der Waals surface area contributed by atoms with E-state index in [0.29, 0.717) is 6.54 Å². The van der Waals surface area contributed by atoms with Gasteiger partial charge in [0.15, 0.2) is 0 Å². The van der Waals surface area contributed by atoms with Crippen LogP contribution in [0.5, 0.6) is 0 Å². The molecule has 0 radical (unpaired) electrons. The summed E-state index contributed by atoms with van der Waals surface area (Å²) in [4.78, 5) is 22.6. The highest BCUT2D eigenvalue weighted by molar-refractivity contribution is 5.83. The first-order valence-electron chi connectivity index (χ1n) is 7.26. The Kier molecular flexibility index (Phi) is 4.48. The van der Waals surface area contributed by atoms with Gasteiger partial charge in [0.05, 0.1) is 11.1 Å². The van der Waals surface area contributed by atoms with E-state index in [9.17, 15) is 14.9 Å². The maximum atomic E-state index is 12.4. The molecule has 124 valence electrons. The number of nitrogens with zero attached hydrogens (tertiary/aromatic N) is 5. The van der Waals surface area contributed by atoms with Gasteiger partial charge in [-0.2, -0.15) is 10.2 Å². The molecule has 9 heteroatoms. The summed E-state index contributed by atoms with van der Waals surface area (Å²) in [7, 11) is 0. The van der Waals surface area contributed by atoms with Gasteiger partial charge < -0.3 is 5.32 Å². The predicted molar refractivity (Wildman–Crippen MR) is 82.7 cm³/mol. The summed E-state index contributed by atoms with van der Waals surface area (Å²) in [5.41, 5.74) is 0.747. The second-order valence-corrected chi connectivity index (χ2v) is 5.71. The molecule has 9 nitrogen and oxygen atoms in total. The molecule has 0 saturated heterocycles. The van der Waals surface area contributed by atoms with Gasteiger partial charge in [-0.1, -0.05) is 0 Å². The van der Waals surface area contributed by atoms with Crippen LogP contribution in [0.2, 0.25) is 0 Å². The average molecular weight is 320 g/mol. The Balaban J connectivity index is 2.08. The van der Waals surface area contributed by atoms with Crippen molar-refractivity contribution >= 4 is 11.6 Å². The molecule has 0 aliphatic heterocycles. The molecule has 0 unspecified atom stereocenters. The second kappa shape index (κ2) is 6.19. The van der Waals surface area contributed by atoms with Crippen LogP contribution in [0.1, 0.15) is 32.0 Å². The smallest absolute Gasteiger partial charge is 0.307 e. The molecule has 2 heterocycles. The highest BCUT2D eigenvalue weighted by atomic mass is 16.6. The van der Waals surface area contributed by atoms with Crippen molar-refractivity contribution in [2.24, 2.45) is 0 Å². The van der Waals surface area contributed by atoms with Gasteiger partial charge in [-0.3, -0.25) is 24.3 Å². The number of amides is 1. The highest BCUT2D eigenvalue weighted by Gasteiger charge is 2.32. The summed E-state index contributed by atoms with van der Waals surface area (Å²) in [6.07, 6.45) is 4.11. The number of carbonyl (C=O) groups is 1. The van der Waals surface area contributed by atoms with E-state index in [1.807, 2.05) is 18.5 Å². The first-order valence-corrected chi connectivity index (χ1v) is 7.26. The van der Waals surface area contributed by atoms with Gasteiger partial charge >= 0.3 is 5.69 Å². The van der Waals surface area contributed by atoms with Gasteiger partial charge in [-0.05, 0) is 27.7 Å². The molecule has 2 aromatic heterocycles. The van der Waals surface area contributed by atoms with Crippen molar-refractivity contribution in [1.29, 1.82) is 0 Å². The molecule has 0 saturated carbocycles. The summed E-state index contributed by atoms with van der Waals surface area (Å²) >= 11 is 0. The lowest BCUT2D eigenvalue weighted by Crippen LogP contribution is -2.44. The quantitative estimate of drug-likeness (QED) is 0.639. The first-order chi connectivity index (χ1) is 10.8. The van der Waals surface area contributed by atoms with Crippen molar-refractivity contribution in [2.45, 2.75) is 46.3 Å². The van der Waals surface area contributed by atoms with E-state index in [1.54, 1.807) is 20.0 Å². The molecule has 0 bridgehead atoms. The molecule has 0 spiro atoms. The monoisotopic (exact) mass is 320 g/mol.